The number of hydrogen-bond acceptors (Lipinski definition) is 4. The van der Waals surface area contributed by atoms with Gasteiger partial charge in [0.2, 0.25) is 5.91 Å². The third kappa shape index (κ3) is 2.29. The van der Waals surface area contributed by atoms with Crippen molar-refractivity contribution in [1.29, 1.82) is 0 Å². The van der Waals surface area contributed by atoms with Crippen LogP contribution in [0.4, 0.5) is 0 Å². The van der Waals surface area contributed by atoms with Gasteiger partial charge in [-0.15, -0.1) is 0 Å². The predicted molar refractivity (Wildman–Crippen MR) is 79.4 cm³/mol. The number of halogens is 1. The van der Waals surface area contributed by atoms with E-state index in [1.54, 1.807) is 0 Å². The van der Waals surface area contributed by atoms with E-state index in [4.69, 9.17) is 0 Å². The maximum Gasteiger partial charge on any atom is 0.228 e. The molecule has 1 unspecified atom stereocenters. The maximum absolute atomic E-state index is 11.9. The Morgan fingerprint density at radius 3 is 2.80 bits per heavy atom. The van der Waals surface area contributed by atoms with Gasteiger partial charge in [-0.05, 0) is 50.5 Å². The first-order valence-electron chi connectivity index (χ1n) is 6.08. The van der Waals surface area contributed by atoms with Gasteiger partial charge in [0.25, 0.3) is 0 Å². The molecule has 3 heterocycles. The van der Waals surface area contributed by atoms with Crippen molar-refractivity contribution in [3.63, 3.8) is 0 Å². The summed E-state index contributed by atoms with van der Waals surface area (Å²) in [5.41, 5.74) is 0.720. The van der Waals surface area contributed by atoms with Crippen LogP contribution in [0.2, 0.25) is 0 Å². The number of rotatable bonds is 2. The Hall–Kier alpha value is -1.53. The van der Waals surface area contributed by atoms with Gasteiger partial charge in [0.1, 0.15) is 15.9 Å². The highest BCUT2D eigenvalue weighted by atomic mass is 79.9. The molecule has 0 aliphatic carbocycles. The lowest BCUT2D eigenvalue weighted by molar-refractivity contribution is -0.133. The SMILES string of the molecule is O=C1CC(=O)NC(c2ccsc2)(c2cccc(Br)n2)C1. The largest absolute Gasteiger partial charge is 0.340 e. The molecule has 0 saturated carbocycles. The summed E-state index contributed by atoms with van der Waals surface area (Å²) in [5.74, 6) is -0.323. The lowest BCUT2D eigenvalue weighted by Crippen LogP contribution is -2.53. The van der Waals surface area contributed by atoms with E-state index < -0.39 is 5.54 Å². The molecule has 4 nitrogen and oxygen atoms in total. The van der Waals surface area contributed by atoms with E-state index in [-0.39, 0.29) is 24.5 Å². The first-order valence-corrected chi connectivity index (χ1v) is 7.82. The van der Waals surface area contributed by atoms with E-state index in [1.165, 1.54) is 11.3 Å². The molecule has 0 spiro atoms. The number of amides is 1. The molecular weight excluding hydrogens is 340 g/mol. The van der Waals surface area contributed by atoms with Crippen molar-refractivity contribution >= 4 is 39.0 Å². The number of carbonyl (C=O) groups is 2. The minimum atomic E-state index is -0.851. The van der Waals surface area contributed by atoms with E-state index in [2.05, 4.69) is 26.2 Å². The van der Waals surface area contributed by atoms with Crippen LogP contribution in [0.5, 0.6) is 0 Å². The smallest absolute Gasteiger partial charge is 0.228 e. The van der Waals surface area contributed by atoms with Crippen molar-refractivity contribution in [1.82, 2.24) is 10.3 Å². The summed E-state index contributed by atoms with van der Waals surface area (Å²) in [7, 11) is 0. The molecule has 0 radical (unpaired) electrons. The summed E-state index contributed by atoms with van der Waals surface area (Å²) >= 11 is 4.87. The van der Waals surface area contributed by atoms with Crippen molar-refractivity contribution in [2.75, 3.05) is 0 Å². The van der Waals surface area contributed by atoms with E-state index in [1.807, 2.05) is 35.0 Å². The summed E-state index contributed by atoms with van der Waals surface area (Å²) in [4.78, 5) is 28.3. The molecule has 1 aliphatic rings. The van der Waals surface area contributed by atoms with Crippen molar-refractivity contribution in [2.24, 2.45) is 0 Å². The Balaban J connectivity index is 2.18. The average Bonchev–Trinajstić information content (AvgIpc) is 2.91. The number of pyridine rings is 1. The molecule has 1 fully saturated rings. The van der Waals surface area contributed by atoms with Gasteiger partial charge in [-0.1, -0.05) is 6.07 Å². The number of aromatic nitrogens is 1. The van der Waals surface area contributed by atoms with Gasteiger partial charge in [0.05, 0.1) is 12.1 Å². The molecule has 0 bridgehead atoms. The standard InChI is InChI=1S/C14H11BrN2O2S/c15-12-3-1-2-11(16-12)14(9-4-5-20-8-9)7-10(18)6-13(19)17-14/h1-5,8H,6-7H2,(H,17,19). The average molecular weight is 351 g/mol. The predicted octanol–water partition coefficient (Wildman–Crippen LogP) is 2.63. The number of thiophene rings is 1. The molecule has 102 valence electrons. The Morgan fingerprint density at radius 1 is 1.30 bits per heavy atom. The van der Waals surface area contributed by atoms with Crippen LogP contribution in [0.1, 0.15) is 24.1 Å². The molecule has 1 aliphatic heterocycles. The molecule has 3 rings (SSSR count). The number of nitrogens with zero attached hydrogens (tertiary/aromatic N) is 1. The van der Waals surface area contributed by atoms with Crippen molar-refractivity contribution in [3.8, 4) is 0 Å². The van der Waals surface area contributed by atoms with Crippen LogP contribution in [-0.2, 0) is 15.1 Å². The zero-order chi connectivity index (χ0) is 14.2. The summed E-state index contributed by atoms with van der Waals surface area (Å²) in [6, 6.07) is 7.43. The van der Waals surface area contributed by atoms with Crippen LogP contribution in [-0.4, -0.2) is 16.7 Å². The minimum absolute atomic E-state index is 0.0557. The lowest BCUT2D eigenvalue weighted by Gasteiger charge is -2.36. The zero-order valence-corrected chi connectivity index (χ0v) is 12.8. The van der Waals surface area contributed by atoms with Gasteiger partial charge in [0, 0.05) is 6.42 Å². The second-order valence-corrected chi connectivity index (χ2v) is 6.30. The van der Waals surface area contributed by atoms with Gasteiger partial charge < -0.3 is 5.32 Å². The third-order valence-electron chi connectivity index (χ3n) is 3.34. The van der Waals surface area contributed by atoms with Gasteiger partial charge in [-0.2, -0.15) is 11.3 Å². The topological polar surface area (TPSA) is 59.1 Å². The Labute approximate surface area is 128 Å². The van der Waals surface area contributed by atoms with E-state index >= 15 is 0 Å². The Kier molecular flexibility index (Phi) is 3.43. The van der Waals surface area contributed by atoms with Gasteiger partial charge in [0.15, 0.2) is 0 Å². The summed E-state index contributed by atoms with van der Waals surface area (Å²) in [6.45, 7) is 0. The molecule has 1 atom stereocenters. The highest BCUT2D eigenvalue weighted by Gasteiger charge is 2.43. The number of Topliss-reactive ketones (excluding diaryl/α,β-unsaturated/α-hetero) is 1. The number of nitrogens with one attached hydrogen (secondary N) is 1. The molecule has 6 heteroatoms. The van der Waals surface area contributed by atoms with Crippen LogP contribution < -0.4 is 5.32 Å². The van der Waals surface area contributed by atoms with Crippen LogP contribution in [0.15, 0.2) is 39.6 Å². The molecule has 20 heavy (non-hydrogen) atoms. The minimum Gasteiger partial charge on any atom is -0.340 e. The molecule has 1 saturated heterocycles. The summed E-state index contributed by atoms with van der Waals surface area (Å²) in [6.07, 6.45) is 0.179. The molecule has 1 N–H and O–H groups in total. The van der Waals surface area contributed by atoms with Gasteiger partial charge in [-0.25, -0.2) is 4.98 Å². The Bertz CT molecular complexity index is 654. The van der Waals surface area contributed by atoms with Crippen LogP contribution in [0.3, 0.4) is 0 Å². The molecular formula is C14H11BrN2O2S. The first-order chi connectivity index (χ1) is 9.60. The number of carbonyl (C=O) groups excluding carboxylic acids is 2. The fourth-order valence-corrected chi connectivity index (χ4v) is 3.57. The Morgan fingerprint density at radius 2 is 2.15 bits per heavy atom. The highest BCUT2D eigenvalue weighted by molar-refractivity contribution is 9.10. The molecule has 2 aromatic heterocycles. The van der Waals surface area contributed by atoms with Crippen LogP contribution in [0.25, 0.3) is 0 Å². The number of ketones is 1. The quantitative estimate of drug-likeness (QED) is 0.668. The van der Waals surface area contributed by atoms with Crippen molar-refractivity contribution in [3.05, 3.63) is 50.9 Å². The zero-order valence-electron chi connectivity index (χ0n) is 10.4. The first kappa shape index (κ1) is 13.5. The fourth-order valence-electron chi connectivity index (χ4n) is 2.49. The molecule has 2 aromatic rings. The third-order valence-corrected chi connectivity index (χ3v) is 4.46. The van der Waals surface area contributed by atoms with E-state index in [0.717, 1.165) is 5.56 Å². The number of hydrogen-bond donors (Lipinski definition) is 1. The summed E-state index contributed by atoms with van der Waals surface area (Å²) in [5, 5.41) is 6.85. The second kappa shape index (κ2) is 5.10. The van der Waals surface area contributed by atoms with Gasteiger partial charge in [-0.3, -0.25) is 9.59 Å². The van der Waals surface area contributed by atoms with Gasteiger partial charge >= 0.3 is 0 Å². The lowest BCUT2D eigenvalue weighted by atomic mass is 9.80. The second-order valence-electron chi connectivity index (χ2n) is 4.70. The van der Waals surface area contributed by atoms with Crippen LogP contribution in [0, 0.1) is 0 Å². The molecule has 0 aromatic carbocycles. The summed E-state index contributed by atoms with van der Waals surface area (Å²) < 4.78 is 0.678. The van der Waals surface area contributed by atoms with E-state index in [9.17, 15) is 9.59 Å². The van der Waals surface area contributed by atoms with Crippen molar-refractivity contribution < 1.29 is 9.59 Å². The highest BCUT2D eigenvalue weighted by Crippen LogP contribution is 2.36. The fraction of sp³-hybridized carbons (Fsp3) is 0.214. The van der Waals surface area contributed by atoms with E-state index in [0.29, 0.717) is 10.3 Å². The normalized spacial score (nSPS) is 22.6. The molecule has 1 amide bonds. The van der Waals surface area contributed by atoms with Crippen LogP contribution >= 0.6 is 27.3 Å². The monoisotopic (exact) mass is 350 g/mol. The maximum atomic E-state index is 11.9. The van der Waals surface area contributed by atoms with Crippen molar-refractivity contribution in [2.45, 2.75) is 18.4 Å². The number of piperidine rings is 1.